The van der Waals surface area contributed by atoms with Crippen LogP contribution in [0.2, 0.25) is 0 Å². The lowest BCUT2D eigenvalue weighted by molar-refractivity contribution is 0.0782. The molecule has 1 aromatic carbocycles. The fraction of sp³-hybridized carbons (Fsp3) is 0.238. The van der Waals surface area contributed by atoms with Crippen molar-refractivity contribution >= 4 is 36.1 Å². The number of aliphatic hydroxyl groups is 1. The van der Waals surface area contributed by atoms with Gasteiger partial charge in [-0.2, -0.15) is 4.89 Å². The number of amides is 1. The maximum Gasteiger partial charge on any atom is 0.505 e. The molecule has 31 heavy (non-hydrogen) atoms. The second-order valence-corrected chi connectivity index (χ2v) is 9.64. The molecule has 0 radical (unpaired) electrons. The van der Waals surface area contributed by atoms with Gasteiger partial charge in [-0.25, -0.2) is 9.37 Å². The molecule has 0 aliphatic rings. The van der Waals surface area contributed by atoms with Gasteiger partial charge in [0.25, 0.3) is 5.91 Å². The predicted octanol–water partition coefficient (Wildman–Crippen LogP) is 4.30. The van der Waals surface area contributed by atoms with Gasteiger partial charge in [-0.15, -0.1) is 11.3 Å². The molecule has 0 aliphatic heterocycles. The minimum atomic E-state index is -2.25. The van der Waals surface area contributed by atoms with Gasteiger partial charge in [0.1, 0.15) is 16.6 Å². The van der Waals surface area contributed by atoms with Crippen LogP contribution in [-0.4, -0.2) is 27.1 Å². The molecule has 3 rings (SSSR count). The quantitative estimate of drug-likeness (QED) is 0.370. The van der Waals surface area contributed by atoms with E-state index in [4.69, 9.17) is 10.6 Å². The number of primary amides is 1. The van der Waals surface area contributed by atoms with E-state index in [1.54, 1.807) is 44.2 Å². The molecular weight excluding hydrogens is 440 g/mol. The summed E-state index contributed by atoms with van der Waals surface area (Å²) in [6.45, 7) is 3.14. The standard InChI is InChI=1S/C21H21FN3O4PS/c1-21(2,27)12-6-7-14(16(22)10-12)17-11-15(19(23)26)20(31-17)25-18-5-3-4-13(24-18)8-9-30(28)29/h3-7,10-11,27H,8-9H2,1-2H3,(H3-,23,24,25,26,28,29)/p+1. The van der Waals surface area contributed by atoms with Crippen LogP contribution in [0.25, 0.3) is 10.4 Å². The number of nitrogens with two attached hydrogens (primary N) is 1. The number of carbonyl (C=O) groups is 1. The van der Waals surface area contributed by atoms with E-state index in [-0.39, 0.29) is 17.3 Å². The van der Waals surface area contributed by atoms with E-state index in [1.165, 1.54) is 12.1 Å². The number of benzene rings is 1. The number of pyridine rings is 1. The van der Waals surface area contributed by atoms with E-state index < -0.39 is 25.4 Å². The van der Waals surface area contributed by atoms with Crippen molar-refractivity contribution in [3.63, 3.8) is 0 Å². The van der Waals surface area contributed by atoms with Crippen molar-refractivity contribution in [2.24, 2.45) is 5.73 Å². The van der Waals surface area contributed by atoms with Gasteiger partial charge in [-0.3, -0.25) is 4.79 Å². The van der Waals surface area contributed by atoms with Crippen molar-refractivity contribution in [3.05, 3.63) is 65.1 Å². The number of hydrogen-bond acceptors (Lipinski definition) is 6. The number of halogens is 1. The highest BCUT2D eigenvalue weighted by atomic mass is 32.1. The van der Waals surface area contributed by atoms with E-state index in [0.29, 0.717) is 33.4 Å². The van der Waals surface area contributed by atoms with E-state index in [0.717, 1.165) is 11.3 Å². The molecule has 1 amide bonds. The largest absolute Gasteiger partial charge is 0.505 e. The minimum absolute atomic E-state index is 0.0986. The average Bonchev–Trinajstić information content (AvgIpc) is 3.09. The summed E-state index contributed by atoms with van der Waals surface area (Å²) >= 11 is 1.15. The van der Waals surface area contributed by atoms with Crippen LogP contribution in [0, 0.1) is 5.82 Å². The second-order valence-electron chi connectivity index (χ2n) is 7.44. The Labute approximate surface area is 183 Å². The number of nitrogens with zero attached hydrogens (tertiary/aromatic N) is 1. The van der Waals surface area contributed by atoms with Crippen LogP contribution >= 0.6 is 19.4 Å². The summed E-state index contributed by atoms with van der Waals surface area (Å²) in [5.74, 6) is -0.770. The fourth-order valence-corrected chi connectivity index (χ4v) is 4.43. The number of thiophene rings is 1. The number of aromatic nitrogens is 1. The monoisotopic (exact) mass is 462 g/mol. The molecule has 2 aromatic heterocycles. The Morgan fingerprint density at radius 1 is 1.29 bits per heavy atom. The lowest BCUT2D eigenvalue weighted by Gasteiger charge is -2.18. The maximum atomic E-state index is 14.7. The molecule has 5 N–H and O–H groups in total. The molecule has 2 heterocycles. The molecule has 0 bridgehead atoms. The second kappa shape index (κ2) is 9.20. The first-order valence-corrected chi connectivity index (χ1v) is 11.6. The number of aryl methyl sites for hydroxylation is 1. The van der Waals surface area contributed by atoms with Crippen LogP contribution in [0.5, 0.6) is 0 Å². The molecular formula is C21H22FN3O4PS+. The lowest BCUT2D eigenvalue weighted by Crippen LogP contribution is -2.15. The van der Waals surface area contributed by atoms with E-state index in [9.17, 15) is 18.9 Å². The molecule has 0 aliphatic carbocycles. The SMILES string of the molecule is CC(C)(O)c1ccc(-c2cc(C(N)=O)c(Nc3cccc(CC[P+](=O)O)n3)s2)c(F)c1. The van der Waals surface area contributed by atoms with Crippen molar-refractivity contribution in [2.75, 3.05) is 11.5 Å². The van der Waals surface area contributed by atoms with Gasteiger partial charge in [0, 0.05) is 22.6 Å². The first kappa shape index (κ1) is 23.0. The molecule has 1 unspecified atom stereocenters. The lowest BCUT2D eigenvalue weighted by atomic mass is 9.96. The third-order valence-corrected chi connectivity index (χ3v) is 6.24. The molecule has 10 heteroatoms. The fourth-order valence-electron chi connectivity index (χ4n) is 2.91. The summed E-state index contributed by atoms with van der Waals surface area (Å²) in [6, 6.07) is 11.1. The number of rotatable bonds is 8. The highest BCUT2D eigenvalue weighted by Crippen LogP contribution is 2.38. The maximum absolute atomic E-state index is 14.7. The van der Waals surface area contributed by atoms with Gasteiger partial charge in [-0.05, 0) is 48.2 Å². The zero-order chi connectivity index (χ0) is 22.8. The van der Waals surface area contributed by atoms with Gasteiger partial charge in [0.05, 0.1) is 11.2 Å². The Balaban J connectivity index is 1.93. The molecule has 1 atom stereocenters. The van der Waals surface area contributed by atoms with Crippen molar-refractivity contribution in [1.29, 1.82) is 0 Å². The first-order valence-electron chi connectivity index (χ1n) is 9.37. The molecule has 0 spiro atoms. The number of anilines is 2. The van der Waals surface area contributed by atoms with E-state index in [1.807, 2.05) is 0 Å². The van der Waals surface area contributed by atoms with Gasteiger partial charge >= 0.3 is 8.03 Å². The zero-order valence-electron chi connectivity index (χ0n) is 16.9. The first-order chi connectivity index (χ1) is 14.5. The summed E-state index contributed by atoms with van der Waals surface area (Å²) in [4.78, 5) is 25.8. The third kappa shape index (κ3) is 5.71. The van der Waals surface area contributed by atoms with Crippen LogP contribution in [0.1, 0.15) is 35.5 Å². The molecule has 0 fully saturated rings. The van der Waals surface area contributed by atoms with E-state index in [2.05, 4.69) is 10.3 Å². The van der Waals surface area contributed by atoms with Crippen LogP contribution in [0.4, 0.5) is 15.2 Å². The van der Waals surface area contributed by atoms with E-state index >= 15 is 0 Å². The number of hydrogen-bond donors (Lipinski definition) is 4. The Bertz CT molecular complexity index is 1140. The summed E-state index contributed by atoms with van der Waals surface area (Å²) in [5, 5.41) is 13.5. The molecule has 0 saturated heterocycles. The van der Waals surface area contributed by atoms with Crippen LogP contribution in [0.15, 0.2) is 42.5 Å². The average molecular weight is 462 g/mol. The van der Waals surface area contributed by atoms with Gasteiger partial charge < -0.3 is 16.2 Å². The minimum Gasteiger partial charge on any atom is -0.386 e. The normalized spacial score (nSPS) is 12.0. The molecule has 0 saturated carbocycles. The summed E-state index contributed by atoms with van der Waals surface area (Å²) in [5.41, 5.74) is 5.85. The molecule has 7 nitrogen and oxygen atoms in total. The highest BCUT2D eigenvalue weighted by molar-refractivity contribution is 7.37. The van der Waals surface area contributed by atoms with Crippen molar-refractivity contribution < 1.29 is 23.7 Å². The van der Waals surface area contributed by atoms with Crippen LogP contribution in [-0.2, 0) is 16.6 Å². The Morgan fingerprint density at radius 3 is 2.65 bits per heavy atom. The van der Waals surface area contributed by atoms with Crippen molar-refractivity contribution in [2.45, 2.75) is 25.9 Å². The van der Waals surface area contributed by atoms with Crippen LogP contribution in [0.3, 0.4) is 0 Å². The third-order valence-electron chi connectivity index (χ3n) is 4.55. The zero-order valence-corrected chi connectivity index (χ0v) is 18.6. The Kier molecular flexibility index (Phi) is 6.81. The Morgan fingerprint density at radius 2 is 2.03 bits per heavy atom. The number of nitrogens with one attached hydrogen (secondary N) is 1. The Hall–Kier alpha value is -2.71. The smallest absolute Gasteiger partial charge is 0.386 e. The van der Waals surface area contributed by atoms with Crippen molar-refractivity contribution in [3.8, 4) is 10.4 Å². The highest BCUT2D eigenvalue weighted by Gasteiger charge is 2.21. The van der Waals surface area contributed by atoms with Gasteiger partial charge in [0.15, 0.2) is 6.16 Å². The van der Waals surface area contributed by atoms with Crippen molar-refractivity contribution in [1.82, 2.24) is 4.98 Å². The summed E-state index contributed by atoms with van der Waals surface area (Å²) < 4.78 is 25.7. The topological polar surface area (TPSA) is 126 Å². The molecule has 3 aromatic rings. The summed E-state index contributed by atoms with van der Waals surface area (Å²) in [7, 11) is -2.25. The predicted molar refractivity (Wildman–Crippen MR) is 119 cm³/mol. The van der Waals surface area contributed by atoms with Crippen LogP contribution < -0.4 is 11.1 Å². The number of carbonyl (C=O) groups excluding carboxylic acids is 1. The van der Waals surface area contributed by atoms with Gasteiger partial charge in [-0.1, -0.05) is 18.2 Å². The summed E-state index contributed by atoms with van der Waals surface area (Å²) in [6.07, 6.45) is 0.430. The molecule has 162 valence electrons. The van der Waals surface area contributed by atoms with Gasteiger partial charge in [0.2, 0.25) is 0 Å².